The van der Waals surface area contributed by atoms with Gasteiger partial charge < -0.3 is 15.7 Å². The lowest BCUT2D eigenvalue weighted by Gasteiger charge is -2.14. The first kappa shape index (κ1) is 14.6. The van der Waals surface area contributed by atoms with Crippen molar-refractivity contribution in [1.29, 1.82) is 0 Å². The topological polar surface area (TPSA) is 70.1 Å². The maximum absolute atomic E-state index is 9.25. The summed E-state index contributed by atoms with van der Waals surface area (Å²) in [7, 11) is 0. The second kappa shape index (κ2) is 6.56. The van der Waals surface area contributed by atoms with E-state index in [0.717, 1.165) is 22.4 Å². The number of aromatic hydroxyl groups is 1. The van der Waals surface area contributed by atoms with E-state index in [9.17, 15) is 5.11 Å². The molecule has 1 heterocycles. The van der Waals surface area contributed by atoms with Crippen LogP contribution in [0.2, 0.25) is 0 Å². The van der Waals surface area contributed by atoms with Gasteiger partial charge in [0, 0.05) is 17.9 Å². The number of phenolic OH excluding ortho intramolecular Hbond substituents is 1. The van der Waals surface area contributed by atoms with Crippen molar-refractivity contribution in [2.45, 2.75) is 26.3 Å². The number of aromatic nitrogens is 2. The van der Waals surface area contributed by atoms with Gasteiger partial charge >= 0.3 is 0 Å². The molecule has 1 aromatic carbocycles. The molecule has 0 fully saturated rings. The van der Waals surface area contributed by atoms with Crippen LogP contribution < -0.4 is 10.6 Å². The molecule has 6 heteroatoms. The van der Waals surface area contributed by atoms with Gasteiger partial charge in [0.25, 0.3) is 0 Å². The fourth-order valence-electron chi connectivity index (χ4n) is 1.54. The van der Waals surface area contributed by atoms with Crippen LogP contribution in [-0.4, -0.2) is 21.1 Å². The zero-order chi connectivity index (χ0) is 14.5. The largest absolute Gasteiger partial charge is 0.508 e. The van der Waals surface area contributed by atoms with Crippen molar-refractivity contribution >= 4 is 33.4 Å². The maximum atomic E-state index is 9.25. The minimum atomic E-state index is 0.228. The number of hydrogen-bond acceptors (Lipinski definition) is 5. The van der Waals surface area contributed by atoms with Crippen molar-refractivity contribution < 1.29 is 5.11 Å². The van der Waals surface area contributed by atoms with Gasteiger partial charge in [0.15, 0.2) is 0 Å². The summed E-state index contributed by atoms with van der Waals surface area (Å²) in [6.45, 7) is 4.21. The molecule has 0 spiro atoms. The lowest BCUT2D eigenvalue weighted by Crippen LogP contribution is -2.15. The second-order valence-electron chi connectivity index (χ2n) is 4.52. The van der Waals surface area contributed by atoms with Crippen LogP contribution in [0.5, 0.6) is 5.75 Å². The van der Waals surface area contributed by atoms with Crippen molar-refractivity contribution in [3.8, 4) is 5.75 Å². The maximum Gasteiger partial charge on any atom is 0.229 e. The fraction of sp³-hybridized carbons (Fsp3) is 0.286. The fourth-order valence-corrected chi connectivity index (χ4v) is 1.84. The van der Waals surface area contributed by atoms with E-state index in [0.29, 0.717) is 12.0 Å². The molecular weight excluding hydrogens is 320 g/mol. The van der Waals surface area contributed by atoms with E-state index in [1.165, 1.54) is 0 Å². The van der Waals surface area contributed by atoms with Gasteiger partial charge in [0.05, 0.1) is 4.47 Å². The zero-order valence-corrected chi connectivity index (χ0v) is 13.0. The molecule has 0 bridgehead atoms. The number of anilines is 3. The predicted molar refractivity (Wildman–Crippen MR) is 84.5 cm³/mol. The SMILES string of the molecule is CCC(C)Nc1nc(Nc2ccc(O)cc2)ncc1Br. The van der Waals surface area contributed by atoms with Gasteiger partial charge in [-0.2, -0.15) is 4.98 Å². The Morgan fingerprint density at radius 1 is 1.30 bits per heavy atom. The predicted octanol–water partition coefficient (Wildman–Crippen LogP) is 3.90. The highest BCUT2D eigenvalue weighted by Gasteiger charge is 2.07. The Kier molecular flexibility index (Phi) is 4.79. The highest BCUT2D eigenvalue weighted by Crippen LogP contribution is 2.23. The summed E-state index contributed by atoms with van der Waals surface area (Å²) in [6.07, 6.45) is 2.72. The van der Waals surface area contributed by atoms with Gasteiger partial charge in [-0.3, -0.25) is 0 Å². The van der Waals surface area contributed by atoms with Gasteiger partial charge in [0.1, 0.15) is 11.6 Å². The number of nitrogens with zero attached hydrogens (tertiary/aromatic N) is 2. The molecule has 0 aliphatic rings. The Morgan fingerprint density at radius 3 is 2.65 bits per heavy atom. The Bertz CT molecular complexity index is 574. The van der Waals surface area contributed by atoms with Crippen molar-refractivity contribution in [2.75, 3.05) is 10.6 Å². The summed E-state index contributed by atoms with van der Waals surface area (Å²) in [4.78, 5) is 8.65. The first-order valence-corrected chi connectivity index (χ1v) is 7.23. The number of halogens is 1. The molecule has 0 amide bonds. The van der Waals surface area contributed by atoms with E-state index in [1.807, 2.05) is 0 Å². The Morgan fingerprint density at radius 2 is 2.00 bits per heavy atom. The van der Waals surface area contributed by atoms with E-state index < -0.39 is 0 Å². The van der Waals surface area contributed by atoms with Gasteiger partial charge in [-0.1, -0.05) is 6.92 Å². The molecule has 0 aliphatic carbocycles. The molecule has 0 saturated carbocycles. The molecule has 106 valence electrons. The standard InChI is InChI=1S/C14H17BrN4O/c1-3-9(2)17-13-12(15)8-16-14(19-13)18-10-4-6-11(20)7-5-10/h4-9,20H,3H2,1-2H3,(H2,16,17,18,19). The van der Waals surface area contributed by atoms with Gasteiger partial charge in [0.2, 0.25) is 5.95 Å². The molecule has 0 saturated heterocycles. The Hall–Kier alpha value is -1.82. The monoisotopic (exact) mass is 336 g/mol. The first-order chi connectivity index (χ1) is 9.58. The molecular formula is C14H17BrN4O. The molecule has 1 aromatic heterocycles. The average Bonchev–Trinajstić information content (AvgIpc) is 2.45. The molecule has 1 unspecified atom stereocenters. The summed E-state index contributed by atoms with van der Waals surface area (Å²) >= 11 is 3.43. The van der Waals surface area contributed by atoms with Crippen molar-refractivity contribution in [3.05, 3.63) is 34.9 Å². The molecule has 2 aromatic rings. The summed E-state index contributed by atoms with van der Waals surface area (Å²) in [5, 5.41) is 15.7. The van der Waals surface area contributed by atoms with Crippen LogP contribution in [0.1, 0.15) is 20.3 Å². The van der Waals surface area contributed by atoms with Crippen LogP contribution in [0.15, 0.2) is 34.9 Å². The van der Waals surface area contributed by atoms with Crippen LogP contribution in [-0.2, 0) is 0 Å². The lowest BCUT2D eigenvalue weighted by atomic mass is 10.2. The number of hydrogen-bond donors (Lipinski definition) is 3. The van der Waals surface area contributed by atoms with E-state index in [4.69, 9.17) is 0 Å². The summed E-state index contributed by atoms with van der Waals surface area (Å²) in [6, 6.07) is 7.09. The van der Waals surface area contributed by atoms with Gasteiger partial charge in [-0.25, -0.2) is 4.98 Å². The summed E-state index contributed by atoms with van der Waals surface area (Å²) < 4.78 is 0.828. The van der Waals surface area contributed by atoms with Gasteiger partial charge in [-0.05, 0) is 53.5 Å². The third kappa shape index (κ3) is 3.84. The van der Waals surface area contributed by atoms with Crippen LogP contribution in [0.3, 0.4) is 0 Å². The summed E-state index contributed by atoms with van der Waals surface area (Å²) in [5.41, 5.74) is 0.819. The molecule has 20 heavy (non-hydrogen) atoms. The highest BCUT2D eigenvalue weighted by molar-refractivity contribution is 9.10. The first-order valence-electron chi connectivity index (χ1n) is 6.43. The minimum absolute atomic E-state index is 0.228. The minimum Gasteiger partial charge on any atom is -0.508 e. The van der Waals surface area contributed by atoms with Gasteiger partial charge in [-0.15, -0.1) is 0 Å². The van der Waals surface area contributed by atoms with Crippen LogP contribution in [0.25, 0.3) is 0 Å². The van der Waals surface area contributed by atoms with Crippen LogP contribution in [0, 0.1) is 0 Å². The van der Waals surface area contributed by atoms with Crippen LogP contribution >= 0.6 is 15.9 Å². The highest BCUT2D eigenvalue weighted by atomic mass is 79.9. The number of nitrogens with one attached hydrogen (secondary N) is 2. The molecule has 0 radical (unpaired) electrons. The van der Waals surface area contributed by atoms with E-state index in [-0.39, 0.29) is 5.75 Å². The summed E-state index contributed by atoms with van der Waals surface area (Å²) in [5.74, 6) is 1.49. The van der Waals surface area contributed by atoms with E-state index >= 15 is 0 Å². The molecule has 1 atom stereocenters. The number of benzene rings is 1. The molecule has 3 N–H and O–H groups in total. The smallest absolute Gasteiger partial charge is 0.229 e. The third-order valence-electron chi connectivity index (χ3n) is 2.86. The Labute approximate surface area is 126 Å². The second-order valence-corrected chi connectivity index (χ2v) is 5.37. The van der Waals surface area contributed by atoms with E-state index in [1.54, 1.807) is 30.5 Å². The molecule has 0 aliphatic heterocycles. The third-order valence-corrected chi connectivity index (χ3v) is 3.44. The van der Waals surface area contributed by atoms with Crippen molar-refractivity contribution in [1.82, 2.24) is 9.97 Å². The average molecular weight is 337 g/mol. The number of phenols is 1. The van der Waals surface area contributed by atoms with Crippen LogP contribution in [0.4, 0.5) is 17.5 Å². The Balaban J connectivity index is 2.16. The van der Waals surface area contributed by atoms with Crippen molar-refractivity contribution in [3.63, 3.8) is 0 Å². The molecule has 5 nitrogen and oxygen atoms in total. The zero-order valence-electron chi connectivity index (χ0n) is 11.4. The lowest BCUT2D eigenvalue weighted by molar-refractivity contribution is 0.475. The van der Waals surface area contributed by atoms with Crippen molar-refractivity contribution in [2.24, 2.45) is 0 Å². The normalized spacial score (nSPS) is 11.9. The number of rotatable bonds is 5. The quantitative estimate of drug-likeness (QED) is 0.722. The van der Waals surface area contributed by atoms with E-state index in [2.05, 4.69) is 50.4 Å². The molecule has 2 rings (SSSR count).